The normalized spacial score (nSPS) is 13.7. The number of methoxy groups -OCH3 is 1. The molecule has 0 saturated carbocycles. The Morgan fingerprint density at radius 2 is 1.58 bits per heavy atom. The minimum Gasteiger partial charge on any atom is -0.496 e. The van der Waals surface area contributed by atoms with E-state index >= 15 is 0 Å². The fraction of sp³-hybridized carbons (Fsp3) is 0.120. The van der Waals surface area contributed by atoms with Gasteiger partial charge in [-0.25, -0.2) is 4.90 Å². The Hall–Kier alpha value is -3.57. The molecule has 0 bridgehead atoms. The van der Waals surface area contributed by atoms with Gasteiger partial charge < -0.3 is 10.1 Å². The molecule has 156 valence electrons. The van der Waals surface area contributed by atoms with Gasteiger partial charge in [-0.15, -0.1) is 0 Å². The van der Waals surface area contributed by atoms with Gasteiger partial charge in [0.2, 0.25) is 0 Å². The number of carbonyl (C=O) groups is 2. The highest BCUT2D eigenvalue weighted by molar-refractivity contribution is 6.47. The lowest BCUT2D eigenvalue weighted by molar-refractivity contribution is -0.120. The third kappa shape index (κ3) is 3.68. The van der Waals surface area contributed by atoms with Gasteiger partial charge in [-0.3, -0.25) is 9.59 Å². The van der Waals surface area contributed by atoms with E-state index in [4.69, 9.17) is 16.3 Å². The number of aryl methyl sites for hydroxylation is 2. The number of amides is 2. The Labute approximate surface area is 185 Å². The fourth-order valence-corrected chi connectivity index (χ4v) is 3.80. The van der Waals surface area contributed by atoms with Crippen molar-refractivity contribution >= 4 is 40.4 Å². The quantitative estimate of drug-likeness (QED) is 0.551. The maximum absolute atomic E-state index is 13.6. The first kappa shape index (κ1) is 20.7. The summed E-state index contributed by atoms with van der Waals surface area (Å²) < 4.78 is 5.48. The maximum atomic E-state index is 13.6. The Bertz CT molecular complexity index is 1230. The number of ether oxygens (including phenoxy) is 1. The highest BCUT2D eigenvalue weighted by Gasteiger charge is 2.41. The predicted octanol–water partition coefficient (Wildman–Crippen LogP) is 5.36. The summed E-state index contributed by atoms with van der Waals surface area (Å²) in [5.74, 6) is -0.372. The van der Waals surface area contributed by atoms with Crippen LogP contribution < -0.4 is 15.0 Å². The number of nitrogens with one attached hydrogen (secondary N) is 1. The van der Waals surface area contributed by atoms with Gasteiger partial charge >= 0.3 is 0 Å². The Balaban J connectivity index is 1.91. The van der Waals surface area contributed by atoms with E-state index in [2.05, 4.69) is 5.32 Å². The lowest BCUT2D eigenvalue weighted by atomic mass is 10.0. The van der Waals surface area contributed by atoms with Crippen LogP contribution in [-0.4, -0.2) is 18.9 Å². The summed E-state index contributed by atoms with van der Waals surface area (Å²) in [6.07, 6.45) is 0. The zero-order chi connectivity index (χ0) is 22.1. The Morgan fingerprint density at radius 1 is 0.871 bits per heavy atom. The van der Waals surface area contributed by atoms with Crippen LogP contribution in [0.15, 0.2) is 72.4 Å². The predicted molar refractivity (Wildman–Crippen MR) is 123 cm³/mol. The number of imide groups is 1. The van der Waals surface area contributed by atoms with Gasteiger partial charge in [0, 0.05) is 16.3 Å². The van der Waals surface area contributed by atoms with E-state index in [1.165, 1.54) is 12.0 Å². The fourth-order valence-electron chi connectivity index (χ4n) is 3.64. The summed E-state index contributed by atoms with van der Waals surface area (Å²) in [7, 11) is 1.54. The molecule has 6 heteroatoms. The van der Waals surface area contributed by atoms with Gasteiger partial charge in [-0.05, 0) is 49.2 Å². The first-order chi connectivity index (χ1) is 14.9. The van der Waals surface area contributed by atoms with E-state index in [0.29, 0.717) is 22.0 Å². The third-order valence-corrected chi connectivity index (χ3v) is 5.51. The molecule has 0 aliphatic carbocycles. The molecule has 31 heavy (non-hydrogen) atoms. The van der Waals surface area contributed by atoms with Gasteiger partial charge in [-0.2, -0.15) is 0 Å². The summed E-state index contributed by atoms with van der Waals surface area (Å²) in [6, 6.07) is 19.9. The molecule has 0 radical (unpaired) electrons. The van der Waals surface area contributed by atoms with Crippen molar-refractivity contribution in [3.63, 3.8) is 0 Å². The minimum absolute atomic E-state index is 0.197. The molecule has 1 N–H and O–H groups in total. The highest BCUT2D eigenvalue weighted by atomic mass is 35.5. The average Bonchev–Trinajstić information content (AvgIpc) is 3.00. The molecule has 1 aliphatic rings. The first-order valence-corrected chi connectivity index (χ1v) is 10.2. The number of nitrogens with zero attached hydrogens (tertiary/aromatic N) is 1. The van der Waals surface area contributed by atoms with Crippen LogP contribution in [-0.2, 0) is 9.59 Å². The maximum Gasteiger partial charge on any atom is 0.282 e. The second kappa shape index (κ2) is 8.28. The SMILES string of the molecule is COc1ccccc1C1=C(Nc2ccccc2C)C(=O)N(c2cc(Cl)ccc2C)C1=O. The van der Waals surface area contributed by atoms with Crippen molar-refractivity contribution in [3.8, 4) is 5.75 Å². The van der Waals surface area contributed by atoms with E-state index in [1.807, 2.05) is 44.2 Å². The zero-order valence-electron chi connectivity index (χ0n) is 17.4. The molecule has 1 heterocycles. The molecule has 0 aromatic heterocycles. The van der Waals surface area contributed by atoms with E-state index in [1.54, 1.807) is 36.4 Å². The molecule has 3 aromatic carbocycles. The van der Waals surface area contributed by atoms with Crippen LogP contribution in [0.2, 0.25) is 5.02 Å². The average molecular weight is 433 g/mol. The van der Waals surface area contributed by atoms with Crippen molar-refractivity contribution in [1.82, 2.24) is 0 Å². The van der Waals surface area contributed by atoms with Crippen LogP contribution >= 0.6 is 11.6 Å². The largest absolute Gasteiger partial charge is 0.496 e. The van der Waals surface area contributed by atoms with Gasteiger partial charge in [0.25, 0.3) is 11.8 Å². The van der Waals surface area contributed by atoms with Crippen LogP contribution in [0.1, 0.15) is 16.7 Å². The van der Waals surface area contributed by atoms with Gasteiger partial charge in [0.05, 0.1) is 18.4 Å². The zero-order valence-corrected chi connectivity index (χ0v) is 18.2. The van der Waals surface area contributed by atoms with Crippen molar-refractivity contribution in [2.75, 3.05) is 17.3 Å². The van der Waals surface area contributed by atoms with Crippen molar-refractivity contribution in [3.05, 3.63) is 94.1 Å². The summed E-state index contributed by atoms with van der Waals surface area (Å²) in [4.78, 5) is 28.4. The van der Waals surface area contributed by atoms with E-state index in [-0.39, 0.29) is 11.3 Å². The summed E-state index contributed by atoms with van der Waals surface area (Å²) >= 11 is 6.18. The number of hydrogen-bond acceptors (Lipinski definition) is 4. The Kier molecular flexibility index (Phi) is 5.53. The van der Waals surface area contributed by atoms with Crippen LogP contribution in [0.5, 0.6) is 5.75 Å². The smallest absolute Gasteiger partial charge is 0.282 e. The highest BCUT2D eigenvalue weighted by Crippen LogP contribution is 2.39. The molecule has 0 atom stereocenters. The van der Waals surface area contributed by atoms with Gasteiger partial charge in [0.1, 0.15) is 11.4 Å². The van der Waals surface area contributed by atoms with E-state index in [9.17, 15) is 9.59 Å². The molecule has 4 rings (SSSR count). The van der Waals surface area contributed by atoms with E-state index < -0.39 is 11.8 Å². The van der Waals surface area contributed by atoms with Crippen molar-refractivity contribution in [1.29, 1.82) is 0 Å². The molecule has 2 amide bonds. The summed E-state index contributed by atoms with van der Waals surface area (Å²) in [6.45, 7) is 3.77. The number of halogens is 1. The molecule has 0 spiro atoms. The number of anilines is 2. The lowest BCUT2D eigenvalue weighted by Gasteiger charge is -2.18. The molecular formula is C25H21ClN2O3. The standard InChI is InChI=1S/C25H21ClN2O3/c1-15-8-4-6-10-19(15)27-23-22(18-9-5-7-11-21(18)31-3)24(29)28(25(23)30)20-14-17(26)13-12-16(20)2/h4-14,27H,1-3H3. The van der Waals surface area contributed by atoms with Crippen LogP contribution in [0, 0.1) is 13.8 Å². The van der Waals surface area contributed by atoms with Crippen molar-refractivity contribution < 1.29 is 14.3 Å². The van der Waals surface area contributed by atoms with Gasteiger partial charge in [-0.1, -0.05) is 54.1 Å². The van der Waals surface area contributed by atoms with Crippen LogP contribution in [0.25, 0.3) is 5.57 Å². The molecule has 3 aromatic rings. The van der Waals surface area contributed by atoms with Crippen LogP contribution in [0.3, 0.4) is 0 Å². The molecule has 1 aliphatic heterocycles. The molecular weight excluding hydrogens is 412 g/mol. The van der Waals surface area contributed by atoms with Crippen molar-refractivity contribution in [2.45, 2.75) is 13.8 Å². The molecule has 0 saturated heterocycles. The monoisotopic (exact) mass is 432 g/mol. The third-order valence-electron chi connectivity index (χ3n) is 5.28. The summed E-state index contributed by atoms with van der Waals surface area (Å²) in [5.41, 5.74) is 3.91. The topological polar surface area (TPSA) is 58.6 Å². The van der Waals surface area contributed by atoms with E-state index in [0.717, 1.165) is 16.8 Å². The van der Waals surface area contributed by atoms with Crippen molar-refractivity contribution in [2.24, 2.45) is 0 Å². The number of hydrogen-bond donors (Lipinski definition) is 1. The van der Waals surface area contributed by atoms with Gasteiger partial charge in [0.15, 0.2) is 0 Å². The van der Waals surface area contributed by atoms with Crippen LogP contribution in [0.4, 0.5) is 11.4 Å². The number of carbonyl (C=O) groups excluding carboxylic acids is 2. The first-order valence-electron chi connectivity index (χ1n) is 9.77. The number of rotatable bonds is 5. The second-order valence-electron chi connectivity index (χ2n) is 7.27. The Morgan fingerprint density at radius 3 is 2.32 bits per heavy atom. The molecule has 0 unspecified atom stereocenters. The summed E-state index contributed by atoms with van der Waals surface area (Å²) in [5, 5.41) is 3.65. The number of benzene rings is 3. The minimum atomic E-state index is -0.445. The molecule has 5 nitrogen and oxygen atoms in total. The number of para-hydroxylation sites is 2. The lowest BCUT2D eigenvalue weighted by Crippen LogP contribution is -2.33. The molecule has 0 fully saturated rings. The second-order valence-corrected chi connectivity index (χ2v) is 7.70.